The zero-order valence-corrected chi connectivity index (χ0v) is 14.7. The minimum Gasteiger partial charge on any atom is -0.382 e. The average Bonchev–Trinajstić information content (AvgIpc) is 2.53. The van der Waals surface area contributed by atoms with Crippen molar-refractivity contribution < 1.29 is 4.79 Å². The average molecular weight is 332 g/mol. The molecule has 5 N–H and O–H groups in total. The maximum atomic E-state index is 10.6. The predicted molar refractivity (Wildman–Crippen MR) is 98.1 cm³/mol. The molecule has 0 aliphatic rings. The summed E-state index contributed by atoms with van der Waals surface area (Å²) >= 11 is 0. The van der Waals surface area contributed by atoms with Crippen LogP contribution in [0.4, 0.5) is 11.8 Å². The largest absolute Gasteiger partial charge is 0.382 e. The number of amides is 1. The molecule has 2 aromatic rings. The number of hydrogen-bond acceptors (Lipinski definition) is 6. The zero-order valence-electron chi connectivity index (χ0n) is 14.7. The van der Waals surface area contributed by atoms with Gasteiger partial charge >= 0.3 is 0 Å². The second-order valence-corrected chi connectivity index (χ2v) is 5.88. The maximum Gasteiger partial charge on any atom is 0.222 e. The van der Waals surface area contributed by atoms with E-state index in [2.05, 4.69) is 34.1 Å². The minimum absolute atomic E-state index is 0.0809. The molecule has 24 heavy (non-hydrogen) atoms. The zero-order chi connectivity index (χ0) is 17.9. The molecule has 0 aliphatic carbocycles. The number of carbonyl (C=O) groups excluding carboxylic acids is 1. The van der Waals surface area contributed by atoms with E-state index in [0.29, 0.717) is 22.8 Å². The molecule has 0 aromatic carbocycles. The molecular weight excluding hydrogens is 304 g/mol. The molecule has 0 saturated heterocycles. The predicted octanol–water partition coefficient (Wildman–Crippen LogP) is 2.53. The number of nitrogens with one attached hydrogen (secondary N) is 1. The van der Waals surface area contributed by atoms with Gasteiger partial charge in [0.25, 0.3) is 0 Å². The van der Waals surface area contributed by atoms with Crippen LogP contribution in [-0.4, -0.2) is 27.4 Å². The van der Waals surface area contributed by atoms with Crippen molar-refractivity contribution in [2.24, 2.45) is 5.92 Å². The van der Waals surface area contributed by atoms with Gasteiger partial charge in [-0.25, -0.2) is 4.98 Å². The van der Waals surface area contributed by atoms with E-state index >= 15 is 0 Å². The smallest absolute Gasteiger partial charge is 0.222 e. The summed E-state index contributed by atoms with van der Waals surface area (Å²) in [5.41, 5.74) is 12.2. The fraction of sp³-hybridized carbons (Fsp3) is 0.529. The van der Waals surface area contributed by atoms with Crippen LogP contribution in [0.25, 0.3) is 11.0 Å². The normalized spacial score (nSPS) is 11.5. The summed E-state index contributed by atoms with van der Waals surface area (Å²) in [6, 6.07) is 3.56. The van der Waals surface area contributed by atoms with Gasteiger partial charge in [-0.2, -0.15) is 4.98 Å². The van der Waals surface area contributed by atoms with E-state index in [1.807, 2.05) is 0 Å². The van der Waals surface area contributed by atoms with Gasteiger partial charge in [-0.15, -0.1) is 0 Å². The third kappa shape index (κ3) is 7.21. The van der Waals surface area contributed by atoms with Crippen molar-refractivity contribution in [3.63, 3.8) is 0 Å². The maximum absolute atomic E-state index is 10.6. The van der Waals surface area contributed by atoms with Gasteiger partial charge in [0.2, 0.25) is 11.9 Å². The molecule has 0 fully saturated rings. The lowest BCUT2D eigenvalue weighted by atomic mass is 10.0. The molecule has 2 aromatic heterocycles. The third-order valence-electron chi connectivity index (χ3n) is 3.50. The molecule has 0 radical (unpaired) electrons. The molecule has 2 heterocycles. The topological polar surface area (TPSA) is 120 Å². The lowest BCUT2D eigenvalue weighted by Crippen LogP contribution is -2.25. The number of pyridine rings is 1. The molecule has 1 amide bonds. The summed E-state index contributed by atoms with van der Waals surface area (Å²) in [4.78, 5) is 22.3. The molecule has 0 aliphatic heterocycles. The number of nitrogens with two attached hydrogens (primary N) is 2. The first-order chi connectivity index (χ1) is 11.4. The fourth-order valence-electron chi connectivity index (χ4n) is 2.17. The van der Waals surface area contributed by atoms with Crippen LogP contribution in [0.2, 0.25) is 0 Å². The van der Waals surface area contributed by atoms with Crippen molar-refractivity contribution >= 4 is 28.7 Å². The van der Waals surface area contributed by atoms with Gasteiger partial charge in [-0.3, -0.25) is 9.78 Å². The van der Waals surface area contributed by atoms with Crippen molar-refractivity contribution in [2.75, 3.05) is 18.0 Å². The Kier molecular flexibility index (Phi) is 8.46. The Balaban J connectivity index is 0.000000240. The van der Waals surface area contributed by atoms with Gasteiger partial charge in [0.1, 0.15) is 5.52 Å². The molecule has 7 heteroatoms. The lowest BCUT2D eigenvalue weighted by molar-refractivity contribution is -0.119. The molecule has 0 spiro atoms. The number of hydrogen-bond donors (Lipinski definition) is 3. The minimum atomic E-state index is 0.0809. The number of anilines is 2. The molecule has 0 bridgehead atoms. The van der Waals surface area contributed by atoms with E-state index in [4.69, 9.17) is 11.5 Å². The van der Waals surface area contributed by atoms with Gasteiger partial charge < -0.3 is 16.8 Å². The Labute approximate surface area is 143 Å². The van der Waals surface area contributed by atoms with Crippen LogP contribution in [0, 0.1) is 5.92 Å². The number of unbranched alkanes of at least 4 members (excludes halogenated alkanes) is 2. The SMILES string of the molecule is CCCCCC(C)CNC(C)=O.Nc1nc(N)c2ncccc2n1. The van der Waals surface area contributed by atoms with Crippen LogP contribution in [-0.2, 0) is 4.79 Å². The van der Waals surface area contributed by atoms with Crippen molar-refractivity contribution in [1.82, 2.24) is 20.3 Å². The van der Waals surface area contributed by atoms with Crippen molar-refractivity contribution in [2.45, 2.75) is 46.5 Å². The Morgan fingerprint density at radius 3 is 2.71 bits per heavy atom. The summed E-state index contributed by atoms with van der Waals surface area (Å²) in [7, 11) is 0. The van der Waals surface area contributed by atoms with Gasteiger partial charge in [-0.05, 0) is 24.5 Å². The van der Waals surface area contributed by atoms with Crippen molar-refractivity contribution in [3.05, 3.63) is 18.3 Å². The van der Waals surface area contributed by atoms with E-state index in [1.165, 1.54) is 25.7 Å². The van der Waals surface area contributed by atoms with Gasteiger partial charge in [0.05, 0.1) is 5.52 Å². The van der Waals surface area contributed by atoms with Crippen LogP contribution < -0.4 is 16.8 Å². The van der Waals surface area contributed by atoms with E-state index in [9.17, 15) is 4.79 Å². The number of nitrogens with zero attached hydrogens (tertiary/aromatic N) is 3. The summed E-state index contributed by atoms with van der Waals surface area (Å²) in [5.74, 6) is 1.20. The van der Waals surface area contributed by atoms with Crippen LogP contribution in [0.3, 0.4) is 0 Å². The highest BCUT2D eigenvalue weighted by Crippen LogP contribution is 2.14. The molecule has 7 nitrogen and oxygen atoms in total. The molecular formula is C17H28N6O. The summed E-state index contributed by atoms with van der Waals surface area (Å²) < 4.78 is 0. The highest BCUT2D eigenvalue weighted by atomic mass is 16.1. The van der Waals surface area contributed by atoms with E-state index < -0.39 is 0 Å². The van der Waals surface area contributed by atoms with Crippen LogP contribution >= 0.6 is 0 Å². The van der Waals surface area contributed by atoms with Gasteiger partial charge in [-0.1, -0.05) is 33.1 Å². The van der Waals surface area contributed by atoms with Crippen LogP contribution in [0.1, 0.15) is 46.5 Å². The second kappa shape index (κ2) is 10.4. The third-order valence-corrected chi connectivity index (χ3v) is 3.50. The van der Waals surface area contributed by atoms with Gasteiger partial charge in [0.15, 0.2) is 5.82 Å². The second-order valence-electron chi connectivity index (χ2n) is 5.88. The van der Waals surface area contributed by atoms with E-state index in [-0.39, 0.29) is 11.9 Å². The van der Waals surface area contributed by atoms with Crippen LogP contribution in [0.15, 0.2) is 18.3 Å². The first kappa shape index (κ1) is 19.6. The molecule has 1 atom stereocenters. The first-order valence-electron chi connectivity index (χ1n) is 8.32. The number of carbonyl (C=O) groups is 1. The molecule has 2 rings (SSSR count). The molecule has 1 unspecified atom stereocenters. The molecule has 132 valence electrons. The Hall–Kier alpha value is -2.44. The summed E-state index contributed by atoms with van der Waals surface area (Å²) in [6.45, 7) is 6.79. The Bertz CT molecular complexity index is 646. The van der Waals surface area contributed by atoms with Crippen molar-refractivity contribution in [1.29, 1.82) is 0 Å². The lowest BCUT2D eigenvalue weighted by Gasteiger charge is -2.10. The number of fused-ring (bicyclic) bond motifs is 1. The summed E-state index contributed by atoms with van der Waals surface area (Å²) in [6.07, 6.45) is 6.74. The fourth-order valence-corrected chi connectivity index (χ4v) is 2.17. The number of nitrogen functional groups attached to an aromatic ring is 2. The quantitative estimate of drug-likeness (QED) is 0.699. The molecule has 0 saturated carbocycles. The monoisotopic (exact) mass is 332 g/mol. The van der Waals surface area contributed by atoms with E-state index in [1.54, 1.807) is 25.3 Å². The Morgan fingerprint density at radius 1 is 1.29 bits per heavy atom. The summed E-state index contributed by atoms with van der Waals surface area (Å²) in [5, 5.41) is 2.83. The van der Waals surface area contributed by atoms with E-state index in [0.717, 1.165) is 6.54 Å². The van der Waals surface area contributed by atoms with Gasteiger partial charge in [0, 0.05) is 19.7 Å². The van der Waals surface area contributed by atoms with Crippen LogP contribution in [0.5, 0.6) is 0 Å². The highest BCUT2D eigenvalue weighted by Gasteiger charge is 2.02. The Morgan fingerprint density at radius 2 is 2.04 bits per heavy atom. The standard InChI is InChI=1S/C10H21NO.C7H7N5/c1-4-5-6-7-9(2)8-11-10(3)12;8-6-5-4(2-1-3-10-5)11-7(9)12-6/h9H,4-8H2,1-3H3,(H,11,12);1-3H,(H4,8,9,11,12). The van der Waals surface area contributed by atoms with Crippen molar-refractivity contribution in [3.8, 4) is 0 Å². The number of aromatic nitrogens is 3. The first-order valence-corrected chi connectivity index (χ1v) is 8.32. The number of rotatable bonds is 6. The highest BCUT2D eigenvalue weighted by molar-refractivity contribution is 5.84.